The monoisotopic (exact) mass is 505 g/mol. The van der Waals surface area contributed by atoms with Crippen molar-refractivity contribution in [1.29, 1.82) is 0 Å². The molecule has 188 valence electrons. The van der Waals surface area contributed by atoms with Crippen LogP contribution in [0.25, 0.3) is 6.08 Å². The van der Waals surface area contributed by atoms with Gasteiger partial charge in [0.2, 0.25) is 0 Å². The Balaban J connectivity index is 1.86. The van der Waals surface area contributed by atoms with Gasteiger partial charge in [-0.05, 0) is 46.7 Å². The van der Waals surface area contributed by atoms with Crippen molar-refractivity contribution in [2.24, 2.45) is 0 Å². The molecule has 3 aromatic rings. The van der Waals surface area contributed by atoms with Crippen LogP contribution >= 0.6 is 11.8 Å². The number of carbonyl (C=O) groups excluding carboxylic acids is 2. The summed E-state index contributed by atoms with van der Waals surface area (Å²) in [5.41, 5.74) is 2.92. The van der Waals surface area contributed by atoms with E-state index in [1.807, 2.05) is 42.5 Å². The number of hydrogen-bond acceptors (Lipinski definition) is 7. The molecule has 1 aromatic heterocycles. The molecule has 0 radical (unpaired) electrons. The number of anilines is 1. The number of hydrogen-bond donors (Lipinski definition) is 1. The van der Waals surface area contributed by atoms with Crippen molar-refractivity contribution < 1.29 is 14.3 Å². The quantitative estimate of drug-likeness (QED) is 0.288. The summed E-state index contributed by atoms with van der Waals surface area (Å²) in [4.78, 5) is 28.9. The van der Waals surface area contributed by atoms with Gasteiger partial charge in [-0.15, -0.1) is 10.2 Å². The van der Waals surface area contributed by atoms with Crippen LogP contribution in [-0.4, -0.2) is 32.5 Å². The SMILES string of the molecule is CC(=O)Oc1c(C(C)(C)C)cc(/C=C2\Sc3ccccc3N(Cc3nn[nH]n3)C2=O)cc1C(C)(C)C. The first kappa shape index (κ1) is 25.6. The van der Waals surface area contributed by atoms with Crippen LogP contribution in [0.3, 0.4) is 0 Å². The molecule has 0 fully saturated rings. The fraction of sp³-hybridized carbons (Fsp3) is 0.370. The molecule has 2 aromatic carbocycles. The first-order chi connectivity index (χ1) is 16.8. The highest BCUT2D eigenvalue weighted by Gasteiger charge is 2.32. The van der Waals surface area contributed by atoms with E-state index in [9.17, 15) is 9.59 Å². The highest BCUT2D eigenvalue weighted by Crippen LogP contribution is 2.45. The summed E-state index contributed by atoms with van der Waals surface area (Å²) < 4.78 is 5.76. The minimum absolute atomic E-state index is 0.137. The van der Waals surface area contributed by atoms with Crippen molar-refractivity contribution in [3.8, 4) is 5.75 Å². The Morgan fingerprint density at radius 1 is 1.08 bits per heavy atom. The van der Waals surface area contributed by atoms with Crippen LogP contribution in [0.2, 0.25) is 0 Å². The zero-order chi connectivity index (χ0) is 26.3. The van der Waals surface area contributed by atoms with Gasteiger partial charge in [-0.25, -0.2) is 0 Å². The van der Waals surface area contributed by atoms with Gasteiger partial charge in [0.15, 0.2) is 5.82 Å². The van der Waals surface area contributed by atoms with E-state index in [-0.39, 0.29) is 29.3 Å². The molecular formula is C27H31N5O3S. The van der Waals surface area contributed by atoms with Crippen LogP contribution in [0.5, 0.6) is 5.75 Å². The lowest BCUT2D eigenvalue weighted by atomic mass is 9.78. The molecule has 1 amide bonds. The topological polar surface area (TPSA) is 101 Å². The average Bonchev–Trinajstić information content (AvgIpc) is 3.29. The van der Waals surface area contributed by atoms with E-state index in [4.69, 9.17) is 4.74 Å². The molecule has 2 heterocycles. The molecular weight excluding hydrogens is 474 g/mol. The van der Waals surface area contributed by atoms with Crippen LogP contribution in [0, 0.1) is 0 Å². The second kappa shape index (κ2) is 9.54. The van der Waals surface area contributed by atoms with Crippen LogP contribution in [0.15, 0.2) is 46.2 Å². The molecule has 0 aliphatic carbocycles. The lowest BCUT2D eigenvalue weighted by molar-refractivity contribution is -0.132. The Kier molecular flexibility index (Phi) is 6.79. The Bertz CT molecular complexity index is 1300. The van der Waals surface area contributed by atoms with Gasteiger partial charge in [0.1, 0.15) is 5.75 Å². The van der Waals surface area contributed by atoms with Crippen LogP contribution in [0.1, 0.15) is 71.0 Å². The van der Waals surface area contributed by atoms with Crippen LogP contribution < -0.4 is 9.64 Å². The summed E-state index contributed by atoms with van der Waals surface area (Å²) in [5, 5.41) is 14.1. The molecule has 36 heavy (non-hydrogen) atoms. The average molecular weight is 506 g/mol. The summed E-state index contributed by atoms with van der Waals surface area (Å²) in [6.07, 6.45) is 1.91. The van der Waals surface area contributed by atoms with E-state index in [1.54, 1.807) is 4.90 Å². The van der Waals surface area contributed by atoms with Gasteiger partial charge in [0.25, 0.3) is 5.91 Å². The van der Waals surface area contributed by atoms with Crippen molar-refractivity contribution in [3.63, 3.8) is 0 Å². The number of ether oxygens (including phenoxy) is 1. The second-order valence-electron chi connectivity index (χ2n) is 10.8. The van der Waals surface area contributed by atoms with Crippen LogP contribution in [0.4, 0.5) is 5.69 Å². The highest BCUT2D eigenvalue weighted by atomic mass is 32.2. The van der Waals surface area contributed by atoms with Crippen LogP contribution in [-0.2, 0) is 27.0 Å². The fourth-order valence-corrected chi connectivity index (χ4v) is 5.12. The zero-order valence-electron chi connectivity index (χ0n) is 21.7. The lowest BCUT2D eigenvalue weighted by Gasteiger charge is -2.31. The molecule has 9 heteroatoms. The van der Waals surface area contributed by atoms with Crippen molar-refractivity contribution in [2.45, 2.75) is 70.7 Å². The zero-order valence-corrected chi connectivity index (χ0v) is 22.5. The number of esters is 1. The number of fused-ring (bicyclic) bond motifs is 1. The number of carbonyl (C=O) groups is 2. The van der Waals surface area contributed by atoms with Crippen molar-refractivity contribution >= 4 is 35.4 Å². The number of para-hydroxylation sites is 1. The number of H-pyrrole nitrogens is 1. The third-order valence-electron chi connectivity index (χ3n) is 5.79. The number of nitrogens with zero attached hydrogens (tertiary/aromatic N) is 4. The van der Waals surface area contributed by atoms with E-state index < -0.39 is 0 Å². The number of nitrogens with one attached hydrogen (secondary N) is 1. The normalized spacial score (nSPS) is 15.2. The predicted molar refractivity (Wildman–Crippen MR) is 141 cm³/mol. The molecule has 0 unspecified atom stereocenters. The lowest BCUT2D eigenvalue weighted by Crippen LogP contribution is -2.34. The van der Waals surface area contributed by atoms with E-state index in [0.717, 1.165) is 27.3 Å². The molecule has 8 nitrogen and oxygen atoms in total. The van der Waals surface area contributed by atoms with E-state index in [1.165, 1.54) is 18.7 Å². The molecule has 1 N–H and O–H groups in total. The predicted octanol–water partition coefficient (Wildman–Crippen LogP) is 5.40. The maximum absolute atomic E-state index is 13.7. The largest absolute Gasteiger partial charge is 0.426 e. The van der Waals surface area contributed by atoms with Gasteiger partial charge in [-0.1, -0.05) is 70.7 Å². The molecule has 1 aliphatic heterocycles. The van der Waals surface area contributed by atoms with Crippen molar-refractivity contribution in [1.82, 2.24) is 20.6 Å². The van der Waals surface area contributed by atoms with Crippen molar-refractivity contribution in [2.75, 3.05) is 4.90 Å². The summed E-state index contributed by atoms with van der Waals surface area (Å²) in [5.74, 6) is 0.530. The van der Waals surface area contributed by atoms with E-state index >= 15 is 0 Å². The van der Waals surface area contributed by atoms with Gasteiger partial charge in [-0.3, -0.25) is 14.5 Å². The second-order valence-corrected chi connectivity index (χ2v) is 11.9. The molecule has 0 saturated carbocycles. The number of amides is 1. The van der Waals surface area contributed by atoms with E-state index in [2.05, 4.69) is 62.2 Å². The van der Waals surface area contributed by atoms with Gasteiger partial charge < -0.3 is 4.74 Å². The minimum Gasteiger partial charge on any atom is -0.426 e. The number of tetrazole rings is 1. The summed E-state index contributed by atoms with van der Waals surface area (Å²) in [6, 6.07) is 11.8. The Morgan fingerprint density at radius 3 is 2.28 bits per heavy atom. The Labute approximate surface area is 215 Å². The molecule has 0 atom stereocenters. The van der Waals surface area contributed by atoms with Gasteiger partial charge in [-0.2, -0.15) is 5.21 Å². The summed E-state index contributed by atoms with van der Waals surface area (Å²) in [6.45, 7) is 14.1. The summed E-state index contributed by atoms with van der Waals surface area (Å²) >= 11 is 1.44. The highest BCUT2D eigenvalue weighted by molar-refractivity contribution is 8.04. The first-order valence-electron chi connectivity index (χ1n) is 11.7. The Morgan fingerprint density at radius 2 is 1.72 bits per heavy atom. The smallest absolute Gasteiger partial charge is 0.308 e. The number of aromatic amines is 1. The van der Waals surface area contributed by atoms with Gasteiger partial charge in [0, 0.05) is 22.9 Å². The molecule has 0 bridgehead atoms. The third-order valence-corrected chi connectivity index (χ3v) is 6.87. The standard InChI is InChI=1S/C27H31N5O3S/c1-16(33)35-24-18(26(2,3)4)12-17(13-19(24)27(5,6)7)14-22-25(34)32(15-23-28-30-31-29-23)20-10-8-9-11-21(20)36-22/h8-14H,15H2,1-7H3,(H,28,29,30,31)/b22-14-. The molecule has 4 rings (SSSR count). The van der Waals surface area contributed by atoms with E-state index in [0.29, 0.717) is 16.5 Å². The molecule has 1 aliphatic rings. The summed E-state index contributed by atoms with van der Waals surface area (Å²) in [7, 11) is 0. The number of thioether (sulfide) groups is 1. The third kappa shape index (κ3) is 5.36. The number of benzene rings is 2. The maximum Gasteiger partial charge on any atom is 0.308 e. The van der Waals surface area contributed by atoms with Gasteiger partial charge >= 0.3 is 5.97 Å². The molecule has 0 saturated heterocycles. The van der Waals surface area contributed by atoms with Crippen molar-refractivity contribution in [3.05, 3.63) is 63.8 Å². The number of aromatic nitrogens is 4. The Hall–Kier alpha value is -3.46. The first-order valence-corrected chi connectivity index (χ1v) is 12.6. The number of rotatable bonds is 4. The fourth-order valence-electron chi connectivity index (χ4n) is 4.06. The molecule has 0 spiro atoms. The minimum atomic E-state index is -0.358. The van der Waals surface area contributed by atoms with Gasteiger partial charge in [0.05, 0.1) is 17.1 Å². The maximum atomic E-state index is 13.7.